The number of aryl methyl sites for hydroxylation is 1. The number of aromatic nitrogens is 1. The minimum Gasteiger partial charge on any atom is -0.380 e. The van der Waals surface area contributed by atoms with Gasteiger partial charge in [-0.15, -0.1) is 0 Å². The van der Waals surface area contributed by atoms with Gasteiger partial charge >= 0.3 is 6.03 Å². The molecule has 0 saturated heterocycles. The highest BCUT2D eigenvalue weighted by atomic mass is 16.5. The Bertz CT molecular complexity index is 1150. The second-order valence-electron chi connectivity index (χ2n) is 6.49. The van der Waals surface area contributed by atoms with Crippen LogP contribution in [0.15, 0.2) is 71.3 Å². The number of benzene rings is 3. The third-order valence-electron chi connectivity index (χ3n) is 4.76. The zero-order valence-corrected chi connectivity index (χ0v) is 15.4. The Hall–Kier alpha value is -3.80. The number of carbonyl (C=O) groups excluding carboxylic acids is 1. The monoisotopic (exact) mass is 372 g/mol. The molecule has 4 aromatic rings. The van der Waals surface area contributed by atoms with E-state index in [9.17, 15) is 4.79 Å². The van der Waals surface area contributed by atoms with Crippen molar-refractivity contribution in [3.63, 3.8) is 0 Å². The van der Waals surface area contributed by atoms with Crippen LogP contribution in [0, 0.1) is 0 Å². The van der Waals surface area contributed by atoms with Gasteiger partial charge in [0.25, 0.3) is 0 Å². The number of primary amides is 1. The predicted octanol–water partition coefficient (Wildman–Crippen LogP) is 4.86. The minimum atomic E-state index is -0.536. The number of rotatable bonds is 4. The number of amides is 2. The van der Waals surface area contributed by atoms with Gasteiger partial charge in [-0.2, -0.15) is 0 Å². The largest absolute Gasteiger partial charge is 0.380 e. The lowest BCUT2D eigenvalue weighted by molar-refractivity contribution is 0.256. The predicted molar refractivity (Wildman–Crippen MR) is 111 cm³/mol. The molecule has 1 heterocycles. The highest BCUT2D eigenvalue weighted by Gasteiger charge is 2.16. The third kappa shape index (κ3) is 3.05. The highest BCUT2D eigenvalue weighted by Crippen LogP contribution is 2.34. The smallest absolute Gasteiger partial charge is 0.323 e. The van der Waals surface area contributed by atoms with Crippen molar-refractivity contribution in [3.8, 4) is 11.1 Å². The number of fused-ring (bicyclic) bond motifs is 1. The van der Waals surface area contributed by atoms with Crippen molar-refractivity contribution in [1.29, 1.82) is 0 Å². The van der Waals surface area contributed by atoms with Gasteiger partial charge in [-0.05, 0) is 53.4 Å². The fourth-order valence-electron chi connectivity index (χ4n) is 3.37. The van der Waals surface area contributed by atoms with Crippen LogP contribution in [0.2, 0.25) is 0 Å². The van der Waals surface area contributed by atoms with Crippen molar-refractivity contribution in [2.45, 2.75) is 13.3 Å². The maximum atomic E-state index is 12.2. The summed E-state index contributed by atoms with van der Waals surface area (Å²) in [6.45, 7) is 2.07. The molecule has 2 amide bonds. The van der Waals surface area contributed by atoms with Crippen LogP contribution in [-0.2, 0) is 6.42 Å². The molecule has 0 aliphatic rings. The molecule has 28 heavy (non-hydrogen) atoms. The number of nitrogens with two attached hydrogens (primary N) is 2. The van der Waals surface area contributed by atoms with Crippen molar-refractivity contribution in [1.82, 2.24) is 5.16 Å². The fraction of sp³-hybridized carbons (Fsp3) is 0.0909. The van der Waals surface area contributed by atoms with E-state index >= 15 is 0 Å². The van der Waals surface area contributed by atoms with Crippen molar-refractivity contribution in [2.24, 2.45) is 5.73 Å². The van der Waals surface area contributed by atoms with E-state index in [0.717, 1.165) is 34.2 Å². The number of anilines is 3. The molecule has 0 atom stereocenters. The zero-order chi connectivity index (χ0) is 19.7. The van der Waals surface area contributed by atoms with Crippen LogP contribution < -0.4 is 16.4 Å². The van der Waals surface area contributed by atoms with Crippen molar-refractivity contribution in [3.05, 3.63) is 72.3 Å². The van der Waals surface area contributed by atoms with Gasteiger partial charge in [-0.25, -0.2) is 4.79 Å². The Balaban J connectivity index is 1.75. The normalized spacial score (nSPS) is 10.9. The van der Waals surface area contributed by atoms with Gasteiger partial charge in [0, 0.05) is 0 Å². The average molecular weight is 372 g/mol. The van der Waals surface area contributed by atoms with Gasteiger partial charge in [0.2, 0.25) is 0 Å². The van der Waals surface area contributed by atoms with Crippen LogP contribution in [-0.4, -0.2) is 11.2 Å². The number of carbonyl (C=O) groups is 1. The summed E-state index contributed by atoms with van der Waals surface area (Å²) in [4.78, 5) is 13.6. The maximum Gasteiger partial charge on any atom is 0.323 e. The molecule has 4 N–H and O–H groups in total. The van der Waals surface area contributed by atoms with E-state index in [4.69, 9.17) is 16.0 Å². The number of hydrogen-bond acceptors (Lipinski definition) is 4. The number of nitrogen functional groups attached to an aromatic ring is 1. The van der Waals surface area contributed by atoms with Crippen LogP contribution in [0.4, 0.5) is 22.0 Å². The number of nitrogens with zero attached hydrogens (tertiary/aromatic N) is 2. The van der Waals surface area contributed by atoms with Crippen LogP contribution in [0.3, 0.4) is 0 Å². The first-order chi connectivity index (χ1) is 13.6. The van der Waals surface area contributed by atoms with Crippen molar-refractivity contribution >= 4 is 34.2 Å². The van der Waals surface area contributed by atoms with Crippen LogP contribution in [0.1, 0.15) is 12.5 Å². The van der Waals surface area contributed by atoms with E-state index in [1.165, 1.54) is 4.90 Å². The van der Waals surface area contributed by atoms with Crippen LogP contribution in [0.5, 0.6) is 0 Å². The molecule has 0 radical (unpaired) electrons. The van der Waals surface area contributed by atoms with Gasteiger partial charge < -0.3 is 16.0 Å². The molecular formula is C22H20N4O2. The molecule has 0 spiro atoms. The fourth-order valence-corrected chi connectivity index (χ4v) is 3.37. The summed E-state index contributed by atoms with van der Waals surface area (Å²) in [5.41, 5.74) is 16.7. The van der Waals surface area contributed by atoms with Crippen LogP contribution >= 0.6 is 0 Å². The first kappa shape index (κ1) is 17.6. The maximum absolute atomic E-state index is 12.2. The van der Waals surface area contributed by atoms with Crippen molar-refractivity contribution < 1.29 is 9.32 Å². The molecule has 0 bridgehead atoms. The average Bonchev–Trinajstić information content (AvgIpc) is 3.10. The van der Waals surface area contributed by atoms with Gasteiger partial charge in [0.05, 0.1) is 16.8 Å². The van der Waals surface area contributed by atoms with Crippen LogP contribution in [0.25, 0.3) is 22.1 Å². The summed E-state index contributed by atoms with van der Waals surface area (Å²) in [6, 6.07) is 20.5. The molecule has 0 aliphatic heterocycles. The minimum absolute atomic E-state index is 0.352. The van der Waals surface area contributed by atoms with E-state index in [1.807, 2.05) is 66.7 Å². The summed E-state index contributed by atoms with van der Waals surface area (Å²) >= 11 is 0. The third-order valence-corrected chi connectivity index (χ3v) is 4.76. The molecule has 0 unspecified atom stereocenters. The van der Waals surface area contributed by atoms with Gasteiger partial charge in [-0.1, -0.05) is 48.5 Å². The number of hydrogen-bond donors (Lipinski definition) is 2. The summed E-state index contributed by atoms with van der Waals surface area (Å²) in [5.74, 6) is 0.352. The van der Waals surface area contributed by atoms with E-state index in [-0.39, 0.29) is 0 Å². The second-order valence-corrected chi connectivity index (χ2v) is 6.49. The standard InChI is InChI=1S/C22H20N4O2/c1-2-14-5-3-6-17(13-14)26(22(24)27)16-11-9-15(10-12-16)18-7-4-8-19-20(18)21(23)25-28-19/h3-13H,2H2,1H3,(H2,23,25)(H2,24,27). The summed E-state index contributed by atoms with van der Waals surface area (Å²) in [6.07, 6.45) is 0.879. The molecular weight excluding hydrogens is 352 g/mol. The van der Waals surface area contributed by atoms with Gasteiger partial charge in [-0.3, -0.25) is 4.90 Å². The molecule has 4 rings (SSSR count). The molecule has 0 aliphatic carbocycles. The molecule has 0 saturated carbocycles. The van der Waals surface area contributed by atoms with Gasteiger partial charge in [0.1, 0.15) is 0 Å². The lowest BCUT2D eigenvalue weighted by Crippen LogP contribution is -2.31. The van der Waals surface area contributed by atoms with E-state index in [0.29, 0.717) is 17.1 Å². The Morgan fingerprint density at radius 2 is 1.79 bits per heavy atom. The lowest BCUT2D eigenvalue weighted by atomic mass is 10.0. The molecule has 6 heteroatoms. The Morgan fingerprint density at radius 3 is 2.50 bits per heavy atom. The molecule has 6 nitrogen and oxygen atoms in total. The molecule has 3 aromatic carbocycles. The second kappa shape index (κ2) is 7.08. The Kier molecular flexibility index (Phi) is 4.45. The van der Waals surface area contributed by atoms with E-state index < -0.39 is 6.03 Å². The zero-order valence-electron chi connectivity index (χ0n) is 15.4. The number of urea groups is 1. The lowest BCUT2D eigenvalue weighted by Gasteiger charge is -2.21. The quantitative estimate of drug-likeness (QED) is 0.534. The molecule has 0 fully saturated rings. The Labute approximate surface area is 162 Å². The van der Waals surface area contributed by atoms with Crippen molar-refractivity contribution in [2.75, 3.05) is 10.6 Å². The summed E-state index contributed by atoms with van der Waals surface area (Å²) in [7, 11) is 0. The van der Waals surface area contributed by atoms with Gasteiger partial charge in [0.15, 0.2) is 11.4 Å². The highest BCUT2D eigenvalue weighted by molar-refractivity contribution is 6.01. The summed E-state index contributed by atoms with van der Waals surface area (Å²) < 4.78 is 5.24. The molecule has 140 valence electrons. The van der Waals surface area contributed by atoms with E-state index in [1.54, 1.807) is 0 Å². The van der Waals surface area contributed by atoms with E-state index in [2.05, 4.69) is 12.1 Å². The first-order valence-corrected chi connectivity index (χ1v) is 9.01. The topological polar surface area (TPSA) is 98.4 Å². The molecule has 1 aromatic heterocycles. The SMILES string of the molecule is CCc1cccc(N(C(N)=O)c2ccc(-c3cccc4onc(N)c34)cc2)c1. The Morgan fingerprint density at radius 1 is 1.04 bits per heavy atom. The summed E-state index contributed by atoms with van der Waals surface area (Å²) in [5, 5.41) is 4.62. The first-order valence-electron chi connectivity index (χ1n) is 9.01.